The van der Waals surface area contributed by atoms with Crippen LogP contribution in [0.4, 0.5) is 4.79 Å². The Balaban J connectivity index is 1.42. The first-order valence-corrected chi connectivity index (χ1v) is 14.6. The lowest BCUT2D eigenvalue weighted by atomic mass is 9.98. The molecule has 0 saturated heterocycles. The molecule has 3 aromatic carbocycles. The number of nitrogens with one attached hydrogen (secondary N) is 2. The fraction of sp³-hybridized carbons (Fsp3) is 0.290. The molecule has 0 aromatic heterocycles. The minimum absolute atomic E-state index is 0.00949. The van der Waals surface area contributed by atoms with Crippen molar-refractivity contribution in [2.45, 2.75) is 37.5 Å². The van der Waals surface area contributed by atoms with Crippen LogP contribution in [0.15, 0.2) is 78.9 Å². The van der Waals surface area contributed by atoms with Crippen LogP contribution in [-0.4, -0.2) is 59.7 Å². The summed E-state index contributed by atoms with van der Waals surface area (Å²) in [5.74, 6) is -2.45. The SMILES string of the molecule is CSCC[C@H](NC(=O)[C@H](CC(=O)OCc1ccccc1)NC(=O)OCC1c2ccccc2-c2ccccc21)C(=O)O. The first-order chi connectivity index (χ1) is 19.9. The van der Waals surface area contributed by atoms with Crippen molar-refractivity contribution in [3.05, 3.63) is 95.6 Å². The van der Waals surface area contributed by atoms with E-state index >= 15 is 0 Å². The summed E-state index contributed by atoms with van der Waals surface area (Å²) in [5, 5.41) is 14.4. The van der Waals surface area contributed by atoms with Crippen LogP contribution in [0.2, 0.25) is 0 Å². The number of alkyl carbamates (subject to hydrolysis) is 1. The molecule has 2 amide bonds. The topological polar surface area (TPSA) is 131 Å². The third-order valence-corrected chi connectivity index (χ3v) is 7.43. The predicted octanol–water partition coefficient (Wildman–Crippen LogP) is 4.35. The highest BCUT2D eigenvalue weighted by Crippen LogP contribution is 2.44. The van der Waals surface area contributed by atoms with Gasteiger partial charge in [0.05, 0.1) is 6.42 Å². The number of aliphatic carboxylic acids is 1. The van der Waals surface area contributed by atoms with Gasteiger partial charge in [-0.15, -0.1) is 0 Å². The van der Waals surface area contributed by atoms with Gasteiger partial charge in [0.2, 0.25) is 5.91 Å². The lowest BCUT2D eigenvalue weighted by Gasteiger charge is -2.21. The quantitative estimate of drug-likeness (QED) is 0.256. The van der Waals surface area contributed by atoms with Gasteiger partial charge < -0.3 is 25.2 Å². The number of benzene rings is 3. The highest BCUT2D eigenvalue weighted by atomic mass is 32.2. The molecule has 4 rings (SSSR count). The molecular formula is C31H32N2O7S. The van der Waals surface area contributed by atoms with Crippen LogP contribution in [0.1, 0.15) is 35.4 Å². The molecule has 214 valence electrons. The molecule has 0 fully saturated rings. The molecular weight excluding hydrogens is 544 g/mol. The Labute approximate surface area is 242 Å². The van der Waals surface area contributed by atoms with E-state index < -0.39 is 42.4 Å². The van der Waals surface area contributed by atoms with E-state index in [1.165, 1.54) is 11.8 Å². The number of carbonyl (C=O) groups is 4. The van der Waals surface area contributed by atoms with Crippen LogP contribution in [0.5, 0.6) is 0 Å². The Morgan fingerprint density at radius 2 is 1.44 bits per heavy atom. The Morgan fingerprint density at radius 1 is 0.829 bits per heavy atom. The molecule has 9 nitrogen and oxygen atoms in total. The van der Waals surface area contributed by atoms with E-state index in [4.69, 9.17) is 9.47 Å². The van der Waals surface area contributed by atoms with Crippen LogP contribution in [0, 0.1) is 0 Å². The summed E-state index contributed by atoms with van der Waals surface area (Å²) < 4.78 is 10.8. The molecule has 0 radical (unpaired) electrons. The van der Waals surface area contributed by atoms with Gasteiger partial charge in [0.1, 0.15) is 25.3 Å². The lowest BCUT2D eigenvalue weighted by Crippen LogP contribution is -2.52. The summed E-state index contributed by atoms with van der Waals surface area (Å²) >= 11 is 1.44. The minimum Gasteiger partial charge on any atom is -0.480 e. The number of carbonyl (C=O) groups excluding carboxylic acids is 3. The first kappa shape index (κ1) is 29.7. The number of ether oxygens (including phenoxy) is 2. The van der Waals surface area contributed by atoms with E-state index in [0.717, 1.165) is 27.8 Å². The van der Waals surface area contributed by atoms with Gasteiger partial charge in [-0.25, -0.2) is 9.59 Å². The van der Waals surface area contributed by atoms with Crippen molar-refractivity contribution in [1.29, 1.82) is 0 Å². The van der Waals surface area contributed by atoms with E-state index in [1.54, 1.807) is 24.3 Å². The second kappa shape index (κ2) is 14.4. The number of carboxylic acids is 1. The summed E-state index contributed by atoms with van der Waals surface area (Å²) in [5.41, 5.74) is 4.95. The number of hydrogen-bond donors (Lipinski definition) is 3. The van der Waals surface area contributed by atoms with Crippen molar-refractivity contribution in [3.63, 3.8) is 0 Å². The summed E-state index contributed by atoms with van der Waals surface area (Å²) in [6.07, 6.45) is 0.597. The van der Waals surface area contributed by atoms with Gasteiger partial charge in [-0.05, 0) is 46.2 Å². The number of hydrogen-bond acceptors (Lipinski definition) is 7. The van der Waals surface area contributed by atoms with E-state index in [9.17, 15) is 24.3 Å². The predicted molar refractivity (Wildman–Crippen MR) is 155 cm³/mol. The molecule has 41 heavy (non-hydrogen) atoms. The second-order valence-corrected chi connectivity index (χ2v) is 10.5. The van der Waals surface area contributed by atoms with Crippen LogP contribution < -0.4 is 10.6 Å². The smallest absolute Gasteiger partial charge is 0.407 e. The number of amides is 2. The Morgan fingerprint density at radius 3 is 2.05 bits per heavy atom. The van der Waals surface area contributed by atoms with Gasteiger partial charge in [-0.1, -0.05) is 78.9 Å². The van der Waals surface area contributed by atoms with E-state index in [2.05, 4.69) is 10.6 Å². The maximum Gasteiger partial charge on any atom is 0.407 e. The van der Waals surface area contributed by atoms with Gasteiger partial charge in [-0.2, -0.15) is 11.8 Å². The van der Waals surface area contributed by atoms with Gasteiger partial charge in [0.25, 0.3) is 0 Å². The van der Waals surface area contributed by atoms with Crippen LogP contribution in [0.3, 0.4) is 0 Å². The van der Waals surface area contributed by atoms with Gasteiger partial charge in [0, 0.05) is 5.92 Å². The summed E-state index contributed by atoms with van der Waals surface area (Å²) in [6.45, 7) is 0.00254. The molecule has 0 heterocycles. The largest absolute Gasteiger partial charge is 0.480 e. The number of thioether (sulfide) groups is 1. The summed E-state index contributed by atoms with van der Waals surface area (Å²) in [7, 11) is 0. The Hall–Kier alpha value is -4.31. The zero-order valence-corrected chi connectivity index (χ0v) is 23.4. The van der Waals surface area contributed by atoms with Gasteiger partial charge >= 0.3 is 18.0 Å². The fourth-order valence-electron chi connectivity index (χ4n) is 4.72. The van der Waals surface area contributed by atoms with Crippen LogP contribution in [-0.2, 0) is 30.5 Å². The van der Waals surface area contributed by atoms with Crippen molar-refractivity contribution >= 4 is 35.7 Å². The normalized spacial score (nSPS) is 13.3. The average Bonchev–Trinajstić information content (AvgIpc) is 3.30. The minimum atomic E-state index is -1.40. The molecule has 1 aliphatic rings. The van der Waals surface area contributed by atoms with Crippen molar-refractivity contribution in [2.75, 3.05) is 18.6 Å². The Kier molecular flexibility index (Phi) is 10.4. The molecule has 0 aliphatic heterocycles. The van der Waals surface area contributed by atoms with Gasteiger partial charge in [-0.3, -0.25) is 9.59 Å². The standard InChI is InChI=1S/C31H32N2O7S/c1-41-16-15-26(30(36)37)32-29(35)27(17-28(34)39-18-20-9-3-2-4-10-20)33-31(38)40-19-25-23-13-7-5-11-21(23)22-12-6-8-14-24(22)25/h2-14,25-27H,15-19H2,1H3,(H,32,35)(H,33,38)(H,36,37)/t26-,27-/m0/s1. The molecule has 3 N–H and O–H groups in total. The van der Waals surface area contributed by atoms with E-state index in [-0.39, 0.29) is 25.6 Å². The van der Waals surface area contributed by atoms with Crippen molar-refractivity contribution in [1.82, 2.24) is 10.6 Å². The van der Waals surface area contributed by atoms with Crippen LogP contribution >= 0.6 is 11.8 Å². The van der Waals surface area contributed by atoms with E-state index in [1.807, 2.05) is 60.9 Å². The number of esters is 1. The molecule has 3 aromatic rings. The average molecular weight is 577 g/mol. The third kappa shape index (κ3) is 7.88. The fourth-order valence-corrected chi connectivity index (χ4v) is 5.19. The molecule has 0 bridgehead atoms. The van der Waals surface area contributed by atoms with Crippen molar-refractivity contribution in [3.8, 4) is 11.1 Å². The first-order valence-electron chi connectivity index (χ1n) is 13.2. The molecule has 0 saturated carbocycles. The zero-order valence-electron chi connectivity index (χ0n) is 22.6. The molecule has 1 aliphatic carbocycles. The zero-order chi connectivity index (χ0) is 29.2. The van der Waals surface area contributed by atoms with Crippen LogP contribution in [0.25, 0.3) is 11.1 Å². The van der Waals surface area contributed by atoms with Crippen molar-refractivity contribution in [2.24, 2.45) is 0 Å². The molecule has 10 heteroatoms. The number of carboxylic acid groups (broad SMARTS) is 1. The van der Waals surface area contributed by atoms with E-state index in [0.29, 0.717) is 5.75 Å². The monoisotopic (exact) mass is 576 g/mol. The maximum atomic E-state index is 13.1. The molecule has 0 unspecified atom stereocenters. The van der Waals surface area contributed by atoms with Crippen molar-refractivity contribution < 1.29 is 33.8 Å². The highest BCUT2D eigenvalue weighted by molar-refractivity contribution is 7.98. The Bertz CT molecular complexity index is 1340. The molecule has 2 atom stereocenters. The highest BCUT2D eigenvalue weighted by Gasteiger charge is 2.32. The second-order valence-electron chi connectivity index (χ2n) is 9.55. The number of fused-ring (bicyclic) bond motifs is 3. The lowest BCUT2D eigenvalue weighted by molar-refractivity contribution is -0.147. The van der Waals surface area contributed by atoms with Gasteiger partial charge in [0.15, 0.2) is 0 Å². The molecule has 0 spiro atoms. The summed E-state index contributed by atoms with van der Waals surface area (Å²) in [6, 6.07) is 22.2. The maximum absolute atomic E-state index is 13.1. The summed E-state index contributed by atoms with van der Waals surface area (Å²) in [4.78, 5) is 50.3. The third-order valence-electron chi connectivity index (χ3n) is 6.79. The number of rotatable bonds is 13.